The van der Waals surface area contributed by atoms with Gasteiger partial charge in [0.2, 0.25) is 5.88 Å². The molecule has 3 rings (SSSR count). The fourth-order valence-electron chi connectivity index (χ4n) is 2.68. The second-order valence-electron chi connectivity index (χ2n) is 6.23. The van der Waals surface area contributed by atoms with Crippen LogP contribution in [0.5, 0.6) is 11.6 Å². The molecule has 0 saturated carbocycles. The molecule has 1 heterocycles. The number of anilines is 1. The number of hydrogen-bond donors (Lipinski definition) is 2. The molecule has 138 valence electrons. The molecule has 0 bridgehead atoms. The smallest absolute Gasteiger partial charge is 0.224 e. The van der Waals surface area contributed by atoms with Gasteiger partial charge < -0.3 is 15.8 Å². The number of nitrogens with zero attached hydrogens (tertiary/aromatic N) is 2. The van der Waals surface area contributed by atoms with Gasteiger partial charge in [-0.1, -0.05) is 18.2 Å². The molecule has 0 aliphatic carbocycles. The Bertz CT molecular complexity index is 952. The topological polar surface area (TPSA) is 72.5 Å². The van der Waals surface area contributed by atoms with Crippen molar-refractivity contribution < 1.29 is 9.13 Å². The van der Waals surface area contributed by atoms with E-state index in [-0.39, 0.29) is 12.4 Å². The van der Waals surface area contributed by atoms with Crippen molar-refractivity contribution in [2.75, 3.05) is 5.32 Å². The van der Waals surface area contributed by atoms with Gasteiger partial charge in [0, 0.05) is 23.5 Å². The second-order valence-corrected chi connectivity index (χ2v) is 6.23. The first-order valence-corrected chi connectivity index (χ1v) is 8.52. The van der Waals surface area contributed by atoms with Gasteiger partial charge in [-0.25, -0.2) is 14.4 Å². The Morgan fingerprint density at radius 3 is 2.63 bits per heavy atom. The molecule has 0 amide bonds. The second kappa shape index (κ2) is 8.31. The predicted molar refractivity (Wildman–Crippen MR) is 106 cm³/mol. The Labute approximate surface area is 157 Å². The van der Waals surface area contributed by atoms with Gasteiger partial charge in [0.15, 0.2) is 5.96 Å². The van der Waals surface area contributed by atoms with Gasteiger partial charge in [0.25, 0.3) is 0 Å². The van der Waals surface area contributed by atoms with Crippen LogP contribution in [0.2, 0.25) is 0 Å². The Balaban J connectivity index is 1.72. The zero-order chi connectivity index (χ0) is 19.2. The first-order valence-electron chi connectivity index (χ1n) is 8.52. The summed E-state index contributed by atoms with van der Waals surface area (Å²) in [4.78, 5) is 8.57. The molecule has 3 aromatic rings. The van der Waals surface area contributed by atoms with E-state index >= 15 is 0 Å². The van der Waals surface area contributed by atoms with Crippen LogP contribution in [0.25, 0.3) is 0 Å². The van der Waals surface area contributed by atoms with Crippen molar-refractivity contribution in [1.29, 1.82) is 0 Å². The third kappa shape index (κ3) is 5.28. The molecule has 2 aromatic carbocycles. The van der Waals surface area contributed by atoms with E-state index in [0.717, 1.165) is 22.4 Å². The number of benzene rings is 2. The molecule has 6 heteroatoms. The van der Waals surface area contributed by atoms with Crippen LogP contribution in [0.15, 0.2) is 65.8 Å². The molecule has 0 aliphatic rings. The number of pyridine rings is 1. The molecule has 0 unspecified atom stereocenters. The van der Waals surface area contributed by atoms with Crippen LogP contribution in [0.1, 0.15) is 16.7 Å². The standard InChI is InChI=1S/C21H21FN4O/c1-14-9-15(2)11-18(10-14)26-21(23)25-13-16-5-4-8-24-20(16)27-19-7-3-6-17(22)12-19/h3-12H,13H2,1-2H3,(H3,23,25,26). The number of aromatic nitrogens is 1. The number of halogens is 1. The number of hydrogen-bond acceptors (Lipinski definition) is 3. The normalized spacial score (nSPS) is 11.3. The molecular formula is C21H21FN4O. The van der Waals surface area contributed by atoms with Crippen molar-refractivity contribution in [3.05, 3.63) is 83.3 Å². The van der Waals surface area contributed by atoms with Crippen LogP contribution < -0.4 is 15.8 Å². The molecule has 0 fully saturated rings. The van der Waals surface area contributed by atoms with E-state index in [0.29, 0.717) is 17.6 Å². The fraction of sp³-hybridized carbons (Fsp3) is 0.143. The van der Waals surface area contributed by atoms with Gasteiger partial charge in [-0.3, -0.25) is 0 Å². The van der Waals surface area contributed by atoms with E-state index in [1.165, 1.54) is 12.1 Å². The van der Waals surface area contributed by atoms with Crippen LogP contribution in [0.3, 0.4) is 0 Å². The highest BCUT2D eigenvalue weighted by Crippen LogP contribution is 2.24. The summed E-state index contributed by atoms with van der Waals surface area (Å²) in [6.45, 7) is 4.33. The number of guanidine groups is 1. The van der Waals surface area contributed by atoms with Crippen molar-refractivity contribution in [2.45, 2.75) is 20.4 Å². The van der Waals surface area contributed by atoms with Gasteiger partial charge in [0.05, 0.1) is 6.54 Å². The maximum atomic E-state index is 13.3. The minimum absolute atomic E-state index is 0.280. The molecule has 3 N–H and O–H groups in total. The summed E-state index contributed by atoms with van der Waals surface area (Å²) >= 11 is 0. The van der Waals surface area contributed by atoms with E-state index in [1.54, 1.807) is 24.4 Å². The Morgan fingerprint density at radius 1 is 1.11 bits per heavy atom. The Kier molecular flexibility index (Phi) is 5.66. The monoisotopic (exact) mass is 364 g/mol. The molecule has 0 saturated heterocycles. The van der Waals surface area contributed by atoms with Crippen LogP contribution in [0, 0.1) is 19.7 Å². The summed E-state index contributed by atoms with van der Waals surface area (Å²) in [7, 11) is 0. The van der Waals surface area contributed by atoms with Crippen molar-refractivity contribution in [3.8, 4) is 11.6 Å². The van der Waals surface area contributed by atoms with Crippen molar-refractivity contribution in [2.24, 2.45) is 10.7 Å². The minimum Gasteiger partial charge on any atom is -0.439 e. The van der Waals surface area contributed by atoms with Crippen LogP contribution >= 0.6 is 0 Å². The SMILES string of the molecule is Cc1cc(C)cc(NC(N)=NCc2cccnc2Oc2cccc(F)c2)c1. The third-order valence-electron chi connectivity index (χ3n) is 3.77. The zero-order valence-corrected chi connectivity index (χ0v) is 15.2. The lowest BCUT2D eigenvalue weighted by Gasteiger charge is -2.10. The lowest BCUT2D eigenvalue weighted by Crippen LogP contribution is -2.22. The lowest BCUT2D eigenvalue weighted by atomic mass is 10.1. The van der Waals surface area contributed by atoms with Crippen LogP contribution in [0.4, 0.5) is 10.1 Å². The van der Waals surface area contributed by atoms with Gasteiger partial charge >= 0.3 is 0 Å². The largest absolute Gasteiger partial charge is 0.439 e. The van der Waals surface area contributed by atoms with E-state index in [9.17, 15) is 4.39 Å². The predicted octanol–water partition coefficient (Wildman–Crippen LogP) is 4.56. The van der Waals surface area contributed by atoms with Crippen LogP contribution in [-0.2, 0) is 6.54 Å². The molecule has 0 atom stereocenters. The summed E-state index contributed by atoms with van der Waals surface area (Å²) in [6.07, 6.45) is 1.61. The maximum absolute atomic E-state index is 13.3. The van der Waals surface area contributed by atoms with E-state index in [2.05, 4.69) is 21.4 Å². The summed E-state index contributed by atoms with van der Waals surface area (Å²) < 4.78 is 19.0. The highest BCUT2D eigenvalue weighted by Gasteiger charge is 2.07. The van der Waals surface area contributed by atoms with Crippen molar-refractivity contribution in [1.82, 2.24) is 4.98 Å². The van der Waals surface area contributed by atoms with Crippen molar-refractivity contribution in [3.63, 3.8) is 0 Å². The number of nitrogens with one attached hydrogen (secondary N) is 1. The molecule has 0 aliphatic heterocycles. The Morgan fingerprint density at radius 2 is 1.89 bits per heavy atom. The van der Waals surface area contributed by atoms with E-state index in [1.807, 2.05) is 32.0 Å². The molecule has 27 heavy (non-hydrogen) atoms. The lowest BCUT2D eigenvalue weighted by molar-refractivity contribution is 0.452. The fourth-order valence-corrected chi connectivity index (χ4v) is 2.68. The number of ether oxygens (including phenoxy) is 1. The molecule has 0 radical (unpaired) electrons. The van der Waals surface area contributed by atoms with Gasteiger partial charge in [-0.15, -0.1) is 0 Å². The third-order valence-corrected chi connectivity index (χ3v) is 3.77. The van der Waals surface area contributed by atoms with Gasteiger partial charge in [-0.2, -0.15) is 0 Å². The average molecular weight is 364 g/mol. The first kappa shape index (κ1) is 18.4. The zero-order valence-electron chi connectivity index (χ0n) is 15.2. The summed E-state index contributed by atoms with van der Waals surface area (Å²) in [5.41, 5.74) is 9.92. The summed E-state index contributed by atoms with van der Waals surface area (Å²) in [6, 6.07) is 15.6. The Hall–Kier alpha value is -3.41. The summed E-state index contributed by atoms with van der Waals surface area (Å²) in [5, 5.41) is 3.09. The molecule has 1 aromatic heterocycles. The van der Waals surface area contributed by atoms with E-state index < -0.39 is 0 Å². The molecule has 5 nitrogen and oxygen atoms in total. The van der Waals surface area contributed by atoms with Gasteiger partial charge in [-0.05, 0) is 55.3 Å². The van der Waals surface area contributed by atoms with E-state index in [4.69, 9.17) is 10.5 Å². The van der Waals surface area contributed by atoms with Gasteiger partial charge in [0.1, 0.15) is 11.6 Å². The van der Waals surface area contributed by atoms with Crippen molar-refractivity contribution >= 4 is 11.6 Å². The number of aliphatic imine (C=N–C) groups is 1. The quantitative estimate of drug-likeness (QED) is 0.514. The van der Waals surface area contributed by atoms with Crippen LogP contribution in [-0.4, -0.2) is 10.9 Å². The molecule has 0 spiro atoms. The number of nitrogens with two attached hydrogens (primary N) is 1. The summed E-state index contributed by atoms with van der Waals surface area (Å²) in [5.74, 6) is 0.664. The highest BCUT2D eigenvalue weighted by atomic mass is 19.1. The first-order chi connectivity index (χ1) is 13.0. The minimum atomic E-state index is -0.370. The number of rotatable bonds is 5. The average Bonchev–Trinajstić information content (AvgIpc) is 2.60. The highest BCUT2D eigenvalue weighted by molar-refractivity contribution is 5.92. The maximum Gasteiger partial charge on any atom is 0.224 e. The molecular weight excluding hydrogens is 343 g/mol. The number of aryl methyl sites for hydroxylation is 2.